The topological polar surface area (TPSA) is 35.5 Å². The fourth-order valence-corrected chi connectivity index (χ4v) is 3.21. The second-order valence-corrected chi connectivity index (χ2v) is 5.67. The molecule has 0 amide bonds. The largest absolute Gasteiger partial charge is 0.394 e. The highest BCUT2D eigenvalue weighted by molar-refractivity contribution is 5.03. The van der Waals surface area contributed by atoms with Crippen LogP contribution in [0.3, 0.4) is 0 Å². The van der Waals surface area contributed by atoms with Crippen molar-refractivity contribution in [1.29, 1.82) is 0 Å². The minimum atomic E-state index is 0.0651. The Bertz CT molecular complexity index is 242. The van der Waals surface area contributed by atoms with Gasteiger partial charge in [0.1, 0.15) is 0 Å². The predicted molar refractivity (Wildman–Crippen MR) is 59.7 cm³/mol. The van der Waals surface area contributed by atoms with Gasteiger partial charge in [0.15, 0.2) is 0 Å². The van der Waals surface area contributed by atoms with Crippen molar-refractivity contribution in [2.45, 2.75) is 31.2 Å². The van der Waals surface area contributed by atoms with Crippen molar-refractivity contribution in [3.63, 3.8) is 0 Å². The maximum absolute atomic E-state index is 9.71. The van der Waals surface area contributed by atoms with Gasteiger partial charge < -0.3 is 15.3 Å². The number of hydrogen-bond acceptors (Lipinski definition) is 3. The van der Waals surface area contributed by atoms with Crippen LogP contribution < -0.4 is 5.32 Å². The molecule has 0 spiro atoms. The van der Waals surface area contributed by atoms with Crippen LogP contribution in [-0.2, 0) is 0 Å². The summed E-state index contributed by atoms with van der Waals surface area (Å²) in [4.78, 5) is 2.54. The molecule has 2 heterocycles. The molecule has 0 aromatic rings. The maximum Gasteiger partial charge on any atom is 0.0617 e. The molecule has 2 aliphatic heterocycles. The molecule has 2 bridgehead atoms. The average Bonchev–Trinajstić information content (AvgIpc) is 3.01. The van der Waals surface area contributed by atoms with E-state index < -0.39 is 0 Å². The Morgan fingerprint density at radius 1 is 1.27 bits per heavy atom. The molecule has 15 heavy (non-hydrogen) atoms. The molecule has 0 aromatic carbocycles. The lowest BCUT2D eigenvalue weighted by Gasteiger charge is -2.42. The summed E-state index contributed by atoms with van der Waals surface area (Å²) in [7, 11) is 0. The first-order valence-electron chi connectivity index (χ1n) is 6.41. The molecule has 86 valence electrons. The van der Waals surface area contributed by atoms with Crippen molar-refractivity contribution in [2.24, 2.45) is 11.8 Å². The van der Waals surface area contributed by atoms with Crippen LogP contribution in [0.2, 0.25) is 0 Å². The van der Waals surface area contributed by atoms with Crippen LogP contribution in [0.15, 0.2) is 0 Å². The first-order valence-corrected chi connectivity index (χ1v) is 6.41. The van der Waals surface area contributed by atoms with E-state index in [1.165, 1.54) is 38.9 Å². The molecule has 3 atom stereocenters. The second-order valence-electron chi connectivity index (χ2n) is 5.67. The third kappa shape index (κ3) is 1.81. The van der Waals surface area contributed by atoms with Crippen LogP contribution in [0.25, 0.3) is 0 Å². The molecule has 3 aliphatic rings. The predicted octanol–water partition coefficient (Wildman–Crippen LogP) is 0.443. The lowest BCUT2D eigenvalue weighted by atomic mass is 9.79. The summed E-state index contributed by atoms with van der Waals surface area (Å²) in [5, 5.41) is 13.4. The number of nitrogens with zero attached hydrogens (tertiary/aromatic N) is 1. The van der Waals surface area contributed by atoms with Crippen LogP contribution in [0, 0.1) is 11.8 Å². The molecule has 1 saturated carbocycles. The van der Waals surface area contributed by atoms with Gasteiger partial charge in [-0.1, -0.05) is 0 Å². The van der Waals surface area contributed by atoms with Gasteiger partial charge in [-0.3, -0.25) is 0 Å². The third-order valence-corrected chi connectivity index (χ3v) is 4.65. The van der Waals surface area contributed by atoms with Crippen LogP contribution >= 0.6 is 0 Å². The van der Waals surface area contributed by atoms with Gasteiger partial charge in [-0.25, -0.2) is 0 Å². The van der Waals surface area contributed by atoms with E-state index in [9.17, 15) is 5.11 Å². The van der Waals surface area contributed by atoms with E-state index in [2.05, 4.69) is 10.2 Å². The quantitative estimate of drug-likeness (QED) is 0.707. The molecule has 3 fully saturated rings. The summed E-state index contributed by atoms with van der Waals surface area (Å²) in [6.07, 6.45) is 5.20. The third-order valence-electron chi connectivity index (χ3n) is 4.65. The molecule has 2 saturated heterocycles. The van der Waals surface area contributed by atoms with Crippen molar-refractivity contribution in [3.05, 3.63) is 0 Å². The molecule has 0 radical (unpaired) electrons. The maximum atomic E-state index is 9.71. The summed E-state index contributed by atoms with van der Waals surface area (Å²) >= 11 is 0. The van der Waals surface area contributed by atoms with Crippen LogP contribution in [0.4, 0.5) is 0 Å². The lowest BCUT2D eigenvalue weighted by molar-refractivity contribution is 0.0644. The second kappa shape index (κ2) is 3.72. The molecule has 0 aromatic heterocycles. The number of aliphatic hydroxyl groups is 1. The Balaban J connectivity index is 1.66. The van der Waals surface area contributed by atoms with Gasteiger partial charge in [0.25, 0.3) is 0 Å². The molecular weight excluding hydrogens is 188 g/mol. The van der Waals surface area contributed by atoms with E-state index >= 15 is 0 Å². The number of fused-ring (bicyclic) bond motifs is 2. The monoisotopic (exact) mass is 210 g/mol. The van der Waals surface area contributed by atoms with E-state index in [4.69, 9.17) is 0 Å². The van der Waals surface area contributed by atoms with Crippen molar-refractivity contribution in [2.75, 3.05) is 32.8 Å². The fourth-order valence-electron chi connectivity index (χ4n) is 3.21. The van der Waals surface area contributed by atoms with Gasteiger partial charge in [0.05, 0.1) is 6.61 Å². The summed E-state index contributed by atoms with van der Waals surface area (Å²) in [6, 6.07) is 0. The first kappa shape index (κ1) is 10.1. The molecule has 3 rings (SSSR count). The van der Waals surface area contributed by atoms with E-state index in [1.807, 2.05) is 0 Å². The number of piperidine rings is 1. The van der Waals surface area contributed by atoms with Gasteiger partial charge in [-0.2, -0.15) is 0 Å². The summed E-state index contributed by atoms with van der Waals surface area (Å²) < 4.78 is 0. The molecule has 3 heteroatoms. The van der Waals surface area contributed by atoms with Gasteiger partial charge in [-0.15, -0.1) is 0 Å². The van der Waals surface area contributed by atoms with Crippen LogP contribution in [0.1, 0.15) is 25.7 Å². The number of rotatable bonds is 4. The highest BCUT2D eigenvalue weighted by atomic mass is 16.3. The standard InChI is InChI=1S/C12H22N2O/c15-9-12(13-7-10-1-2-10)4-6-14-5-3-11(12)8-14/h10-11,13,15H,1-9H2. The van der Waals surface area contributed by atoms with Gasteiger partial charge in [0.2, 0.25) is 0 Å². The summed E-state index contributed by atoms with van der Waals surface area (Å²) in [5.74, 6) is 1.60. The zero-order chi connectivity index (χ0) is 10.3. The molecule has 3 unspecified atom stereocenters. The van der Waals surface area contributed by atoms with Crippen LogP contribution in [0.5, 0.6) is 0 Å². The number of aliphatic hydroxyl groups excluding tert-OH is 1. The Morgan fingerprint density at radius 2 is 2.13 bits per heavy atom. The minimum Gasteiger partial charge on any atom is -0.394 e. The minimum absolute atomic E-state index is 0.0651. The number of nitrogens with one attached hydrogen (secondary N) is 1. The van der Waals surface area contributed by atoms with E-state index in [1.54, 1.807) is 0 Å². The Labute approximate surface area is 91.8 Å². The summed E-state index contributed by atoms with van der Waals surface area (Å²) in [6.45, 7) is 5.10. The van der Waals surface area contributed by atoms with E-state index in [0.717, 1.165) is 18.9 Å². The normalized spacial score (nSPS) is 44.6. The SMILES string of the molecule is OCC1(NCC2CC2)CCN2CCC1C2. The fraction of sp³-hybridized carbons (Fsp3) is 1.00. The Morgan fingerprint density at radius 3 is 2.87 bits per heavy atom. The first-order chi connectivity index (χ1) is 7.32. The van der Waals surface area contributed by atoms with Crippen molar-refractivity contribution in [3.8, 4) is 0 Å². The highest BCUT2D eigenvalue weighted by Crippen LogP contribution is 2.36. The Hall–Kier alpha value is -0.120. The van der Waals surface area contributed by atoms with E-state index in [0.29, 0.717) is 12.5 Å². The average molecular weight is 210 g/mol. The van der Waals surface area contributed by atoms with Gasteiger partial charge in [0, 0.05) is 12.1 Å². The van der Waals surface area contributed by atoms with Crippen molar-refractivity contribution < 1.29 is 5.11 Å². The molecular formula is C12H22N2O. The van der Waals surface area contributed by atoms with Gasteiger partial charge in [-0.05, 0) is 57.2 Å². The van der Waals surface area contributed by atoms with Crippen molar-refractivity contribution in [1.82, 2.24) is 10.2 Å². The van der Waals surface area contributed by atoms with Crippen LogP contribution in [-0.4, -0.2) is 48.3 Å². The van der Waals surface area contributed by atoms with E-state index in [-0.39, 0.29) is 5.54 Å². The molecule has 1 aliphatic carbocycles. The Kier molecular flexibility index (Phi) is 2.49. The smallest absolute Gasteiger partial charge is 0.0617 e. The lowest BCUT2D eigenvalue weighted by Crippen LogP contribution is -2.59. The van der Waals surface area contributed by atoms with Gasteiger partial charge >= 0.3 is 0 Å². The zero-order valence-electron chi connectivity index (χ0n) is 9.41. The molecule has 2 N–H and O–H groups in total. The molecule has 3 nitrogen and oxygen atoms in total. The van der Waals surface area contributed by atoms with Crippen molar-refractivity contribution >= 4 is 0 Å². The summed E-state index contributed by atoms with van der Waals surface area (Å²) in [5.41, 5.74) is 0.0651. The zero-order valence-corrected chi connectivity index (χ0v) is 9.41. The number of hydrogen-bond donors (Lipinski definition) is 2. The highest BCUT2D eigenvalue weighted by Gasteiger charge is 2.45.